The Bertz CT molecular complexity index is 329. The lowest BCUT2D eigenvalue weighted by Crippen LogP contribution is -2.50. The fraction of sp³-hybridized carbons (Fsp3) is 0.846. The molecular formula is C13H23N3O3. The molecule has 1 atom stereocenters. The Balaban J connectivity index is 1.89. The van der Waals surface area contributed by atoms with Crippen LogP contribution in [-0.4, -0.2) is 74.6 Å². The van der Waals surface area contributed by atoms with Gasteiger partial charge in [0, 0.05) is 26.2 Å². The number of nitrogens with one attached hydrogen (secondary N) is 1. The predicted molar refractivity (Wildman–Crippen MR) is 70.6 cm³/mol. The molecule has 2 aliphatic rings. The van der Waals surface area contributed by atoms with Gasteiger partial charge in [-0.2, -0.15) is 0 Å². The fourth-order valence-corrected chi connectivity index (χ4v) is 2.71. The van der Waals surface area contributed by atoms with Crippen molar-refractivity contribution in [1.82, 2.24) is 15.1 Å². The minimum atomic E-state index is -0.0346. The quantitative estimate of drug-likeness (QED) is 0.736. The monoisotopic (exact) mass is 269 g/mol. The molecule has 2 amide bonds. The highest BCUT2D eigenvalue weighted by Gasteiger charge is 2.31. The maximum Gasteiger partial charge on any atom is 0.236 e. The van der Waals surface area contributed by atoms with Crippen molar-refractivity contribution in [3.8, 4) is 0 Å². The second kappa shape index (κ2) is 6.86. The highest BCUT2D eigenvalue weighted by molar-refractivity contribution is 5.82. The summed E-state index contributed by atoms with van der Waals surface area (Å²) in [6.07, 6.45) is 1.80. The van der Waals surface area contributed by atoms with Gasteiger partial charge in [0.25, 0.3) is 0 Å². The van der Waals surface area contributed by atoms with Gasteiger partial charge in [0.1, 0.15) is 0 Å². The van der Waals surface area contributed by atoms with Crippen LogP contribution >= 0.6 is 0 Å². The van der Waals surface area contributed by atoms with Gasteiger partial charge in [-0.3, -0.25) is 9.59 Å². The van der Waals surface area contributed by atoms with Gasteiger partial charge in [0.2, 0.25) is 11.8 Å². The van der Waals surface area contributed by atoms with E-state index in [9.17, 15) is 9.59 Å². The normalized spacial score (nSPS) is 24.4. The number of hydrogen-bond acceptors (Lipinski definition) is 4. The molecule has 1 unspecified atom stereocenters. The van der Waals surface area contributed by atoms with Crippen molar-refractivity contribution in [2.24, 2.45) is 5.92 Å². The number of carbonyl (C=O) groups excluding carboxylic acids is 2. The van der Waals surface area contributed by atoms with Crippen LogP contribution in [0.25, 0.3) is 0 Å². The lowest BCUT2D eigenvalue weighted by Gasteiger charge is -2.36. The Labute approximate surface area is 114 Å². The second-order valence-electron chi connectivity index (χ2n) is 5.15. The number of ether oxygens (including phenoxy) is 1. The summed E-state index contributed by atoms with van der Waals surface area (Å²) in [5, 5.41) is 2.87. The summed E-state index contributed by atoms with van der Waals surface area (Å²) in [5.41, 5.74) is 0. The topological polar surface area (TPSA) is 61.9 Å². The van der Waals surface area contributed by atoms with Crippen molar-refractivity contribution in [3.63, 3.8) is 0 Å². The molecular weight excluding hydrogens is 246 g/mol. The summed E-state index contributed by atoms with van der Waals surface area (Å²) in [6.45, 7) is 4.30. The fourth-order valence-electron chi connectivity index (χ4n) is 2.71. The van der Waals surface area contributed by atoms with E-state index in [1.54, 1.807) is 7.05 Å². The van der Waals surface area contributed by atoms with E-state index in [-0.39, 0.29) is 17.7 Å². The summed E-state index contributed by atoms with van der Waals surface area (Å²) < 4.78 is 5.26. The molecule has 2 heterocycles. The molecule has 0 aliphatic carbocycles. The highest BCUT2D eigenvalue weighted by atomic mass is 16.5. The van der Waals surface area contributed by atoms with Crippen molar-refractivity contribution in [2.45, 2.75) is 12.8 Å². The number of hydrogen-bond donors (Lipinski definition) is 1. The van der Waals surface area contributed by atoms with Gasteiger partial charge in [-0.25, -0.2) is 0 Å². The summed E-state index contributed by atoms with van der Waals surface area (Å²) >= 11 is 0. The van der Waals surface area contributed by atoms with Crippen LogP contribution in [0.4, 0.5) is 0 Å². The lowest BCUT2D eigenvalue weighted by molar-refractivity contribution is -0.143. The molecule has 0 aromatic rings. The van der Waals surface area contributed by atoms with Crippen molar-refractivity contribution >= 4 is 11.8 Å². The van der Waals surface area contributed by atoms with Crippen LogP contribution in [-0.2, 0) is 14.3 Å². The molecule has 0 bridgehead atoms. The minimum absolute atomic E-state index is 0.0346. The Hall–Kier alpha value is -1.14. The zero-order valence-electron chi connectivity index (χ0n) is 11.6. The standard InChI is InChI=1S/C13H23N3O3/c1-14-9-12(17)16-4-2-3-11(10-16)13(18)15-5-7-19-8-6-15/h11,14H,2-10H2,1H3. The van der Waals surface area contributed by atoms with E-state index in [0.717, 1.165) is 19.4 Å². The Morgan fingerprint density at radius 2 is 1.95 bits per heavy atom. The molecule has 108 valence electrons. The molecule has 19 heavy (non-hydrogen) atoms. The SMILES string of the molecule is CNCC(=O)N1CCCC(C(=O)N2CCOCC2)C1. The summed E-state index contributed by atoms with van der Waals surface area (Å²) in [4.78, 5) is 27.9. The highest BCUT2D eigenvalue weighted by Crippen LogP contribution is 2.19. The molecule has 6 nitrogen and oxygen atoms in total. The number of piperidine rings is 1. The molecule has 0 aromatic heterocycles. The van der Waals surface area contributed by atoms with E-state index in [4.69, 9.17) is 4.74 Å². The van der Waals surface area contributed by atoms with Crippen molar-refractivity contribution < 1.29 is 14.3 Å². The Morgan fingerprint density at radius 1 is 1.21 bits per heavy atom. The molecule has 6 heteroatoms. The van der Waals surface area contributed by atoms with Crippen LogP contribution in [0.1, 0.15) is 12.8 Å². The van der Waals surface area contributed by atoms with E-state index < -0.39 is 0 Å². The van der Waals surface area contributed by atoms with Crippen LogP contribution in [0.15, 0.2) is 0 Å². The predicted octanol–water partition coefficient (Wildman–Crippen LogP) is -0.697. The first kappa shape index (κ1) is 14.3. The molecule has 2 rings (SSSR count). The maximum absolute atomic E-state index is 12.4. The summed E-state index contributed by atoms with van der Waals surface area (Å²) in [6, 6.07) is 0. The van der Waals surface area contributed by atoms with E-state index >= 15 is 0 Å². The van der Waals surface area contributed by atoms with Gasteiger partial charge in [-0.15, -0.1) is 0 Å². The van der Waals surface area contributed by atoms with Crippen LogP contribution in [0.2, 0.25) is 0 Å². The van der Waals surface area contributed by atoms with Crippen molar-refractivity contribution in [2.75, 3.05) is 53.0 Å². The number of carbonyl (C=O) groups is 2. The lowest BCUT2D eigenvalue weighted by atomic mass is 9.96. The van der Waals surface area contributed by atoms with Gasteiger partial charge in [-0.05, 0) is 19.9 Å². The molecule has 2 fully saturated rings. The third kappa shape index (κ3) is 3.67. The van der Waals surface area contributed by atoms with Gasteiger partial charge in [0.15, 0.2) is 0 Å². The third-order valence-electron chi connectivity index (χ3n) is 3.77. The number of rotatable bonds is 3. The average Bonchev–Trinajstić information content (AvgIpc) is 2.48. The molecule has 0 aromatic carbocycles. The molecule has 0 saturated carbocycles. The van der Waals surface area contributed by atoms with Crippen molar-refractivity contribution in [3.05, 3.63) is 0 Å². The first-order valence-electron chi connectivity index (χ1n) is 7.01. The van der Waals surface area contributed by atoms with Crippen molar-refractivity contribution in [1.29, 1.82) is 0 Å². The largest absolute Gasteiger partial charge is 0.378 e. The van der Waals surface area contributed by atoms with E-state index in [1.165, 1.54) is 0 Å². The van der Waals surface area contributed by atoms with Gasteiger partial charge in [-0.1, -0.05) is 0 Å². The number of morpholine rings is 1. The van der Waals surface area contributed by atoms with Crippen LogP contribution < -0.4 is 5.32 Å². The molecule has 0 radical (unpaired) electrons. The molecule has 2 aliphatic heterocycles. The Kier molecular flexibility index (Phi) is 5.15. The minimum Gasteiger partial charge on any atom is -0.378 e. The molecule has 1 N–H and O–H groups in total. The third-order valence-corrected chi connectivity index (χ3v) is 3.77. The second-order valence-corrected chi connectivity index (χ2v) is 5.15. The summed E-state index contributed by atoms with van der Waals surface area (Å²) in [7, 11) is 1.76. The van der Waals surface area contributed by atoms with Crippen LogP contribution in [0.5, 0.6) is 0 Å². The number of amides is 2. The zero-order valence-corrected chi connectivity index (χ0v) is 11.6. The van der Waals surface area contributed by atoms with Gasteiger partial charge in [0.05, 0.1) is 25.7 Å². The van der Waals surface area contributed by atoms with E-state index in [0.29, 0.717) is 39.4 Å². The first-order chi connectivity index (χ1) is 9.22. The van der Waals surface area contributed by atoms with Crippen LogP contribution in [0, 0.1) is 5.92 Å². The smallest absolute Gasteiger partial charge is 0.236 e. The van der Waals surface area contributed by atoms with Gasteiger partial charge < -0.3 is 19.9 Å². The zero-order chi connectivity index (χ0) is 13.7. The first-order valence-corrected chi connectivity index (χ1v) is 7.01. The average molecular weight is 269 g/mol. The number of likely N-dealkylation sites (N-methyl/N-ethyl adjacent to an activating group) is 1. The number of likely N-dealkylation sites (tertiary alicyclic amines) is 1. The Morgan fingerprint density at radius 3 is 2.63 bits per heavy atom. The summed E-state index contributed by atoms with van der Waals surface area (Å²) in [5.74, 6) is 0.236. The molecule has 0 spiro atoms. The number of nitrogens with zero attached hydrogens (tertiary/aromatic N) is 2. The van der Waals surface area contributed by atoms with Crippen LogP contribution in [0.3, 0.4) is 0 Å². The molecule has 2 saturated heterocycles. The van der Waals surface area contributed by atoms with Gasteiger partial charge >= 0.3 is 0 Å². The van der Waals surface area contributed by atoms with E-state index in [2.05, 4.69) is 5.32 Å². The van der Waals surface area contributed by atoms with E-state index in [1.807, 2.05) is 9.80 Å². The maximum atomic E-state index is 12.4.